The third-order valence-corrected chi connectivity index (χ3v) is 3.34. The second-order valence-electron chi connectivity index (χ2n) is 4.24. The Labute approximate surface area is 119 Å². The van der Waals surface area contributed by atoms with Crippen molar-refractivity contribution in [3.05, 3.63) is 46.8 Å². The van der Waals surface area contributed by atoms with Crippen molar-refractivity contribution in [2.45, 2.75) is 6.54 Å². The number of hydrogen-bond donors (Lipinski definition) is 1. The molecule has 3 aromatic rings. The van der Waals surface area contributed by atoms with Gasteiger partial charge in [-0.15, -0.1) is 10.2 Å². The van der Waals surface area contributed by atoms with E-state index < -0.39 is 0 Å². The molecule has 0 aliphatic heterocycles. The van der Waals surface area contributed by atoms with Gasteiger partial charge < -0.3 is 9.73 Å². The second kappa shape index (κ2) is 5.11. The van der Waals surface area contributed by atoms with Gasteiger partial charge in [-0.2, -0.15) is 0 Å². The molecule has 0 saturated carbocycles. The maximum absolute atomic E-state index is 5.59. The summed E-state index contributed by atoms with van der Waals surface area (Å²) >= 11 is 3.47. The van der Waals surface area contributed by atoms with Gasteiger partial charge in [0.05, 0.1) is 6.54 Å². The summed E-state index contributed by atoms with van der Waals surface area (Å²) < 4.78 is 6.66. The first-order chi connectivity index (χ1) is 9.26. The molecule has 0 saturated heterocycles. The van der Waals surface area contributed by atoms with E-state index in [1.54, 1.807) is 0 Å². The Morgan fingerprint density at radius 1 is 1.11 bits per heavy atom. The van der Waals surface area contributed by atoms with Crippen LogP contribution in [0, 0.1) is 0 Å². The molecule has 1 N–H and O–H groups in total. The molecule has 96 valence electrons. The minimum absolute atomic E-state index is 0.551. The topological polar surface area (TPSA) is 51.0 Å². The van der Waals surface area contributed by atoms with Gasteiger partial charge in [-0.25, -0.2) is 0 Å². The molecule has 0 amide bonds. The largest absolute Gasteiger partial charge is 0.419 e. The lowest BCUT2D eigenvalue weighted by Gasteiger charge is -2.00. The quantitative estimate of drug-likeness (QED) is 0.804. The summed E-state index contributed by atoms with van der Waals surface area (Å²) in [6.45, 7) is 0.577. The van der Waals surface area contributed by atoms with Crippen LogP contribution in [0.2, 0.25) is 0 Å². The van der Waals surface area contributed by atoms with Crippen LogP contribution >= 0.6 is 15.9 Å². The highest BCUT2D eigenvalue weighted by Crippen LogP contribution is 2.25. The van der Waals surface area contributed by atoms with Crippen LogP contribution in [-0.2, 0) is 6.54 Å². The maximum Gasteiger partial charge on any atom is 0.247 e. The molecule has 1 heterocycles. The van der Waals surface area contributed by atoms with Crippen molar-refractivity contribution in [3.8, 4) is 11.5 Å². The zero-order valence-electron chi connectivity index (χ0n) is 10.4. The molecule has 0 spiro atoms. The fourth-order valence-corrected chi connectivity index (χ4v) is 2.32. The Balaban J connectivity index is 2.02. The van der Waals surface area contributed by atoms with Gasteiger partial charge in [0.1, 0.15) is 0 Å². The molecule has 4 nitrogen and oxygen atoms in total. The molecule has 0 atom stereocenters. The van der Waals surface area contributed by atoms with Gasteiger partial charge >= 0.3 is 0 Å². The lowest BCUT2D eigenvalue weighted by molar-refractivity contribution is 0.490. The molecular formula is C14H12BrN3O. The number of aromatic nitrogens is 2. The van der Waals surface area contributed by atoms with Crippen molar-refractivity contribution < 1.29 is 4.42 Å². The van der Waals surface area contributed by atoms with E-state index in [4.69, 9.17) is 4.42 Å². The van der Waals surface area contributed by atoms with E-state index in [0.29, 0.717) is 18.3 Å². The molecule has 2 aromatic carbocycles. The lowest BCUT2D eigenvalue weighted by Crippen LogP contribution is -2.04. The van der Waals surface area contributed by atoms with E-state index in [1.165, 1.54) is 5.39 Å². The van der Waals surface area contributed by atoms with Gasteiger partial charge in [-0.05, 0) is 42.1 Å². The Morgan fingerprint density at radius 3 is 2.74 bits per heavy atom. The number of nitrogens with one attached hydrogen (secondary N) is 1. The SMILES string of the molecule is CNCc1nnc(-c2ccc3cc(Br)ccc3c2)o1. The molecule has 0 radical (unpaired) electrons. The summed E-state index contributed by atoms with van der Waals surface area (Å²) in [4.78, 5) is 0. The average molecular weight is 318 g/mol. The standard InChI is InChI=1S/C14H12BrN3O/c1-16-8-13-17-18-14(19-13)11-3-2-10-7-12(15)5-4-9(10)6-11/h2-7,16H,8H2,1H3. The fraction of sp³-hybridized carbons (Fsp3) is 0.143. The molecule has 3 rings (SSSR count). The van der Waals surface area contributed by atoms with E-state index in [-0.39, 0.29) is 0 Å². The monoisotopic (exact) mass is 317 g/mol. The van der Waals surface area contributed by atoms with Gasteiger partial charge in [0.2, 0.25) is 11.8 Å². The zero-order valence-corrected chi connectivity index (χ0v) is 11.9. The van der Waals surface area contributed by atoms with Crippen molar-refractivity contribution in [1.29, 1.82) is 0 Å². The summed E-state index contributed by atoms with van der Waals surface area (Å²) in [6, 6.07) is 12.3. The minimum atomic E-state index is 0.551. The third-order valence-electron chi connectivity index (χ3n) is 2.84. The van der Waals surface area contributed by atoms with Crippen molar-refractivity contribution in [2.75, 3.05) is 7.05 Å². The Morgan fingerprint density at radius 2 is 1.89 bits per heavy atom. The van der Waals surface area contributed by atoms with E-state index in [1.807, 2.05) is 19.2 Å². The van der Waals surface area contributed by atoms with Crippen LogP contribution in [0.15, 0.2) is 45.3 Å². The number of fused-ring (bicyclic) bond motifs is 1. The fourth-order valence-electron chi connectivity index (χ4n) is 1.94. The number of hydrogen-bond acceptors (Lipinski definition) is 4. The summed E-state index contributed by atoms with van der Waals surface area (Å²) in [5.74, 6) is 1.14. The van der Waals surface area contributed by atoms with E-state index in [0.717, 1.165) is 15.4 Å². The van der Waals surface area contributed by atoms with Crippen LogP contribution in [0.1, 0.15) is 5.89 Å². The third kappa shape index (κ3) is 2.52. The minimum Gasteiger partial charge on any atom is -0.419 e. The van der Waals surface area contributed by atoms with Gasteiger partial charge in [0.25, 0.3) is 0 Å². The van der Waals surface area contributed by atoms with Crippen LogP contribution < -0.4 is 5.32 Å². The summed E-state index contributed by atoms with van der Waals surface area (Å²) in [5, 5.41) is 13.4. The highest BCUT2D eigenvalue weighted by atomic mass is 79.9. The predicted octanol–water partition coefficient (Wildman–Crippen LogP) is 3.37. The number of benzene rings is 2. The molecule has 0 aliphatic carbocycles. The van der Waals surface area contributed by atoms with Crippen LogP contribution in [0.4, 0.5) is 0 Å². The van der Waals surface area contributed by atoms with Gasteiger partial charge in [0, 0.05) is 10.0 Å². The predicted molar refractivity (Wildman–Crippen MR) is 77.7 cm³/mol. The molecule has 0 fully saturated rings. The van der Waals surface area contributed by atoms with Crippen LogP contribution in [0.5, 0.6) is 0 Å². The molecule has 1 aromatic heterocycles. The van der Waals surface area contributed by atoms with E-state index in [9.17, 15) is 0 Å². The number of nitrogens with zero attached hydrogens (tertiary/aromatic N) is 2. The first kappa shape index (κ1) is 12.3. The number of rotatable bonds is 3. The Hall–Kier alpha value is -1.72. The molecule has 0 unspecified atom stereocenters. The normalized spacial score (nSPS) is 11.1. The van der Waals surface area contributed by atoms with Crippen molar-refractivity contribution in [2.24, 2.45) is 0 Å². The molecule has 5 heteroatoms. The summed E-state index contributed by atoms with van der Waals surface area (Å²) in [5.41, 5.74) is 0.935. The average Bonchev–Trinajstić information content (AvgIpc) is 2.87. The van der Waals surface area contributed by atoms with Crippen molar-refractivity contribution >= 4 is 26.7 Å². The highest BCUT2D eigenvalue weighted by Gasteiger charge is 2.08. The second-order valence-corrected chi connectivity index (χ2v) is 5.15. The molecular weight excluding hydrogens is 306 g/mol. The zero-order chi connectivity index (χ0) is 13.2. The highest BCUT2D eigenvalue weighted by molar-refractivity contribution is 9.10. The van der Waals surface area contributed by atoms with Gasteiger partial charge in [0.15, 0.2) is 0 Å². The Kier molecular flexibility index (Phi) is 3.31. The van der Waals surface area contributed by atoms with Gasteiger partial charge in [-0.1, -0.05) is 28.1 Å². The molecule has 0 aliphatic rings. The van der Waals surface area contributed by atoms with Crippen LogP contribution in [0.3, 0.4) is 0 Å². The number of halogens is 1. The maximum atomic E-state index is 5.59. The first-order valence-corrected chi connectivity index (χ1v) is 6.72. The van der Waals surface area contributed by atoms with Crippen LogP contribution in [-0.4, -0.2) is 17.2 Å². The summed E-state index contributed by atoms with van der Waals surface area (Å²) in [7, 11) is 1.84. The smallest absolute Gasteiger partial charge is 0.247 e. The lowest BCUT2D eigenvalue weighted by atomic mass is 10.1. The van der Waals surface area contributed by atoms with E-state index >= 15 is 0 Å². The molecule has 0 bridgehead atoms. The van der Waals surface area contributed by atoms with Crippen molar-refractivity contribution in [3.63, 3.8) is 0 Å². The van der Waals surface area contributed by atoms with Crippen molar-refractivity contribution in [1.82, 2.24) is 15.5 Å². The Bertz CT molecular complexity index is 724. The summed E-state index contributed by atoms with van der Waals surface area (Å²) in [6.07, 6.45) is 0. The van der Waals surface area contributed by atoms with Crippen LogP contribution in [0.25, 0.3) is 22.2 Å². The molecule has 19 heavy (non-hydrogen) atoms. The van der Waals surface area contributed by atoms with Gasteiger partial charge in [-0.3, -0.25) is 0 Å². The first-order valence-electron chi connectivity index (χ1n) is 5.93. The van der Waals surface area contributed by atoms with E-state index in [2.05, 4.69) is 55.7 Å².